The van der Waals surface area contributed by atoms with Crippen molar-refractivity contribution in [2.45, 2.75) is 26.7 Å². The van der Waals surface area contributed by atoms with Crippen LogP contribution in [0.5, 0.6) is 0 Å². The van der Waals surface area contributed by atoms with E-state index in [0.29, 0.717) is 11.6 Å². The smallest absolute Gasteiger partial charge is 0.229 e. The second-order valence-corrected chi connectivity index (χ2v) is 5.61. The number of carbonyl (C=O) groups excluding carboxylic acids is 2. The molecular weight excluding hydrogens is 276 g/mol. The number of likely N-dealkylation sites (tertiary alicyclic amines) is 1. The first-order chi connectivity index (χ1) is 9.49. The van der Waals surface area contributed by atoms with Crippen LogP contribution >= 0.6 is 11.6 Å². The van der Waals surface area contributed by atoms with Crippen LogP contribution in [0, 0.1) is 12.8 Å². The van der Waals surface area contributed by atoms with E-state index in [9.17, 15) is 9.59 Å². The van der Waals surface area contributed by atoms with E-state index in [4.69, 9.17) is 11.6 Å². The van der Waals surface area contributed by atoms with Gasteiger partial charge >= 0.3 is 0 Å². The zero-order valence-corrected chi connectivity index (χ0v) is 12.5. The number of anilines is 1. The summed E-state index contributed by atoms with van der Waals surface area (Å²) < 4.78 is 0. The quantitative estimate of drug-likeness (QED) is 0.912. The predicted molar refractivity (Wildman–Crippen MR) is 79.8 cm³/mol. The lowest BCUT2D eigenvalue weighted by Gasteiger charge is -2.31. The molecule has 0 aromatic heterocycles. The molecule has 0 bridgehead atoms. The standard InChI is InChI=1S/C15H19ClN2O2/c1-10-13(16)6-3-7-14(10)17-15(20)12-5-4-8-18(9-12)11(2)19/h3,6-7,12H,4-5,8-9H2,1-2H3,(H,17,20). The third-order valence-corrected chi connectivity index (χ3v) is 4.17. The van der Waals surface area contributed by atoms with Gasteiger partial charge in [-0.05, 0) is 37.5 Å². The van der Waals surface area contributed by atoms with Gasteiger partial charge in [0.2, 0.25) is 11.8 Å². The fourth-order valence-corrected chi connectivity index (χ4v) is 2.63. The molecule has 0 spiro atoms. The summed E-state index contributed by atoms with van der Waals surface area (Å²) in [5.74, 6) is -0.159. The summed E-state index contributed by atoms with van der Waals surface area (Å²) in [6, 6.07) is 5.45. The van der Waals surface area contributed by atoms with Crippen molar-refractivity contribution in [2.75, 3.05) is 18.4 Å². The first kappa shape index (κ1) is 14.9. The van der Waals surface area contributed by atoms with E-state index in [-0.39, 0.29) is 17.7 Å². The predicted octanol–water partition coefficient (Wildman–Crippen LogP) is 2.85. The van der Waals surface area contributed by atoms with Crippen LogP contribution in [0.1, 0.15) is 25.3 Å². The molecule has 1 N–H and O–H groups in total. The van der Waals surface area contributed by atoms with Crippen molar-refractivity contribution in [2.24, 2.45) is 5.92 Å². The molecule has 0 radical (unpaired) electrons. The van der Waals surface area contributed by atoms with E-state index in [1.165, 1.54) is 0 Å². The number of halogens is 1. The topological polar surface area (TPSA) is 49.4 Å². The molecular formula is C15H19ClN2O2. The molecule has 20 heavy (non-hydrogen) atoms. The van der Waals surface area contributed by atoms with Gasteiger partial charge in [-0.3, -0.25) is 9.59 Å². The lowest BCUT2D eigenvalue weighted by Crippen LogP contribution is -2.42. The van der Waals surface area contributed by atoms with Gasteiger partial charge in [-0.1, -0.05) is 17.7 Å². The average molecular weight is 295 g/mol. The molecule has 1 aliphatic rings. The summed E-state index contributed by atoms with van der Waals surface area (Å²) in [6.45, 7) is 4.66. The van der Waals surface area contributed by atoms with Crippen LogP contribution in [-0.4, -0.2) is 29.8 Å². The molecule has 0 saturated carbocycles. The third kappa shape index (κ3) is 3.31. The zero-order chi connectivity index (χ0) is 14.7. The molecule has 5 heteroatoms. The normalized spacial score (nSPS) is 18.8. The Kier molecular flexibility index (Phi) is 4.65. The molecule has 1 aromatic rings. The van der Waals surface area contributed by atoms with Gasteiger partial charge in [-0.15, -0.1) is 0 Å². The van der Waals surface area contributed by atoms with Crippen molar-refractivity contribution in [3.8, 4) is 0 Å². The maximum Gasteiger partial charge on any atom is 0.229 e. The summed E-state index contributed by atoms with van der Waals surface area (Å²) in [6.07, 6.45) is 1.68. The lowest BCUT2D eigenvalue weighted by molar-refractivity contribution is -0.132. The Balaban J connectivity index is 2.04. The van der Waals surface area contributed by atoms with Crippen molar-refractivity contribution in [3.63, 3.8) is 0 Å². The van der Waals surface area contributed by atoms with Crippen LogP contribution in [0.3, 0.4) is 0 Å². The van der Waals surface area contributed by atoms with Gasteiger partial charge in [0.25, 0.3) is 0 Å². The van der Waals surface area contributed by atoms with E-state index in [1.54, 1.807) is 17.9 Å². The number of hydrogen-bond acceptors (Lipinski definition) is 2. The van der Waals surface area contributed by atoms with E-state index in [0.717, 1.165) is 30.6 Å². The molecule has 0 aliphatic carbocycles. The van der Waals surface area contributed by atoms with Crippen molar-refractivity contribution in [1.29, 1.82) is 0 Å². The van der Waals surface area contributed by atoms with Gasteiger partial charge in [0.1, 0.15) is 0 Å². The van der Waals surface area contributed by atoms with E-state index < -0.39 is 0 Å². The first-order valence-electron chi connectivity index (χ1n) is 6.80. The number of rotatable bonds is 2. The SMILES string of the molecule is CC(=O)N1CCCC(C(=O)Nc2cccc(Cl)c2C)C1. The van der Waals surface area contributed by atoms with Gasteiger partial charge < -0.3 is 10.2 Å². The van der Waals surface area contributed by atoms with Crippen LogP contribution in [0.4, 0.5) is 5.69 Å². The average Bonchev–Trinajstić information content (AvgIpc) is 2.44. The Hall–Kier alpha value is -1.55. The fraction of sp³-hybridized carbons (Fsp3) is 0.467. The van der Waals surface area contributed by atoms with Crippen LogP contribution in [-0.2, 0) is 9.59 Å². The minimum Gasteiger partial charge on any atom is -0.342 e. The van der Waals surface area contributed by atoms with E-state index >= 15 is 0 Å². The van der Waals surface area contributed by atoms with Crippen LogP contribution in [0.15, 0.2) is 18.2 Å². The summed E-state index contributed by atoms with van der Waals surface area (Å²) in [4.78, 5) is 25.4. The van der Waals surface area contributed by atoms with E-state index in [2.05, 4.69) is 5.32 Å². The van der Waals surface area contributed by atoms with Gasteiger partial charge in [0.05, 0.1) is 5.92 Å². The highest BCUT2D eigenvalue weighted by Crippen LogP contribution is 2.25. The number of carbonyl (C=O) groups is 2. The number of amides is 2. The Morgan fingerprint density at radius 3 is 2.85 bits per heavy atom. The molecule has 1 aromatic carbocycles. The summed E-state index contributed by atoms with van der Waals surface area (Å²) in [5.41, 5.74) is 1.60. The summed E-state index contributed by atoms with van der Waals surface area (Å²) in [7, 11) is 0. The highest BCUT2D eigenvalue weighted by atomic mass is 35.5. The van der Waals surface area contributed by atoms with Gasteiger partial charge in [-0.25, -0.2) is 0 Å². The molecule has 1 saturated heterocycles. The Morgan fingerprint density at radius 1 is 1.40 bits per heavy atom. The van der Waals surface area contributed by atoms with Crippen LogP contribution in [0.2, 0.25) is 5.02 Å². The molecule has 108 valence electrons. The third-order valence-electron chi connectivity index (χ3n) is 3.76. The monoisotopic (exact) mass is 294 g/mol. The maximum atomic E-state index is 12.3. The minimum absolute atomic E-state index is 0.0291. The Labute approximate surface area is 124 Å². The second-order valence-electron chi connectivity index (χ2n) is 5.21. The maximum absolute atomic E-state index is 12.3. The Morgan fingerprint density at radius 2 is 2.15 bits per heavy atom. The molecule has 1 unspecified atom stereocenters. The molecule has 4 nitrogen and oxygen atoms in total. The lowest BCUT2D eigenvalue weighted by atomic mass is 9.97. The van der Waals surface area contributed by atoms with Crippen molar-refractivity contribution in [3.05, 3.63) is 28.8 Å². The van der Waals surface area contributed by atoms with Gasteiger partial charge in [0, 0.05) is 30.7 Å². The molecule has 1 heterocycles. The van der Waals surface area contributed by atoms with Crippen molar-refractivity contribution < 1.29 is 9.59 Å². The van der Waals surface area contributed by atoms with Crippen LogP contribution < -0.4 is 5.32 Å². The second kappa shape index (κ2) is 6.27. The molecule has 1 atom stereocenters. The van der Waals surface area contributed by atoms with Crippen molar-refractivity contribution in [1.82, 2.24) is 4.90 Å². The fourth-order valence-electron chi connectivity index (χ4n) is 2.45. The Bertz CT molecular complexity index is 531. The number of hydrogen-bond donors (Lipinski definition) is 1. The van der Waals surface area contributed by atoms with Gasteiger partial charge in [-0.2, -0.15) is 0 Å². The van der Waals surface area contributed by atoms with Crippen LogP contribution in [0.25, 0.3) is 0 Å². The summed E-state index contributed by atoms with van der Waals surface area (Å²) in [5, 5.41) is 3.55. The van der Waals surface area contributed by atoms with E-state index in [1.807, 2.05) is 19.1 Å². The summed E-state index contributed by atoms with van der Waals surface area (Å²) >= 11 is 6.04. The highest BCUT2D eigenvalue weighted by Gasteiger charge is 2.27. The number of piperidine rings is 1. The highest BCUT2D eigenvalue weighted by molar-refractivity contribution is 6.31. The number of benzene rings is 1. The van der Waals surface area contributed by atoms with Gasteiger partial charge in [0.15, 0.2) is 0 Å². The zero-order valence-electron chi connectivity index (χ0n) is 11.8. The molecule has 1 aliphatic heterocycles. The number of nitrogens with one attached hydrogen (secondary N) is 1. The molecule has 2 amide bonds. The van der Waals surface area contributed by atoms with Crippen molar-refractivity contribution >= 4 is 29.1 Å². The number of nitrogens with zero attached hydrogens (tertiary/aromatic N) is 1. The minimum atomic E-state index is -0.147. The first-order valence-corrected chi connectivity index (χ1v) is 7.18. The largest absolute Gasteiger partial charge is 0.342 e. The molecule has 1 fully saturated rings. The molecule has 2 rings (SSSR count).